The summed E-state index contributed by atoms with van der Waals surface area (Å²) in [6.07, 6.45) is 5.80. The molecule has 1 aromatic carbocycles. The highest BCUT2D eigenvalue weighted by molar-refractivity contribution is 5.23. The predicted octanol–water partition coefficient (Wildman–Crippen LogP) is 3.15. The molecule has 2 heteroatoms. The van der Waals surface area contributed by atoms with Crippen molar-refractivity contribution in [2.24, 2.45) is 5.73 Å². The zero-order valence-electron chi connectivity index (χ0n) is 11.5. The first kappa shape index (κ1) is 13.8. The zero-order chi connectivity index (χ0) is 13.5. The van der Waals surface area contributed by atoms with E-state index < -0.39 is 0 Å². The number of rotatable bonds is 6. The lowest BCUT2D eigenvalue weighted by molar-refractivity contribution is 0.605. The Morgan fingerprint density at radius 3 is 2.42 bits per heavy atom. The smallest absolute Gasteiger partial charge is 0.0404 e. The van der Waals surface area contributed by atoms with E-state index in [9.17, 15) is 0 Å². The molecule has 0 aliphatic heterocycles. The Kier molecular flexibility index (Phi) is 5.10. The SMILES string of the molecule is CCc1ccc(CC(N)CCc2ccccn2)cc1. The van der Waals surface area contributed by atoms with Crippen LogP contribution in [0.1, 0.15) is 30.2 Å². The number of aromatic nitrogens is 1. The second kappa shape index (κ2) is 7.05. The van der Waals surface area contributed by atoms with Crippen LogP contribution in [0.25, 0.3) is 0 Å². The average Bonchev–Trinajstić information content (AvgIpc) is 2.47. The third kappa shape index (κ3) is 4.49. The van der Waals surface area contributed by atoms with Gasteiger partial charge in [0.2, 0.25) is 0 Å². The molecule has 2 nitrogen and oxygen atoms in total. The molecule has 0 spiro atoms. The van der Waals surface area contributed by atoms with Gasteiger partial charge >= 0.3 is 0 Å². The number of benzene rings is 1. The van der Waals surface area contributed by atoms with Crippen LogP contribution < -0.4 is 5.73 Å². The molecule has 0 bridgehead atoms. The summed E-state index contributed by atoms with van der Waals surface area (Å²) >= 11 is 0. The van der Waals surface area contributed by atoms with Gasteiger partial charge in [-0.05, 0) is 48.9 Å². The van der Waals surface area contributed by atoms with Crippen molar-refractivity contribution in [1.29, 1.82) is 0 Å². The van der Waals surface area contributed by atoms with E-state index in [2.05, 4.69) is 42.2 Å². The van der Waals surface area contributed by atoms with E-state index in [4.69, 9.17) is 5.73 Å². The van der Waals surface area contributed by atoms with Gasteiger partial charge in [0, 0.05) is 17.9 Å². The Labute approximate surface area is 115 Å². The Hall–Kier alpha value is -1.67. The molecule has 1 atom stereocenters. The van der Waals surface area contributed by atoms with Crippen LogP contribution in [0.5, 0.6) is 0 Å². The Morgan fingerprint density at radius 2 is 1.79 bits per heavy atom. The molecule has 0 radical (unpaired) electrons. The highest BCUT2D eigenvalue weighted by Crippen LogP contribution is 2.09. The Balaban J connectivity index is 1.82. The zero-order valence-corrected chi connectivity index (χ0v) is 11.5. The Morgan fingerprint density at radius 1 is 1.05 bits per heavy atom. The van der Waals surface area contributed by atoms with Crippen molar-refractivity contribution in [2.75, 3.05) is 0 Å². The molecule has 19 heavy (non-hydrogen) atoms. The Bertz CT molecular complexity index is 476. The van der Waals surface area contributed by atoms with Crippen LogP contribution in [-0.4, -0.2) is 11.0 Å². The van der Waals surface area contributed by atoms with Gasteiger partial charge in [0.25, 0.3) is 0 Å². The molecule has 0 aliphatic rings. The second-order valence-electron chi connectivity index (χ2n) is 4.99. The van der Waals surface area contributed by atoms with Gasteiger partial charge in [-0.2, -0.15) is 0 Å². The molecule has 2 aromatic rings. The lowest BCUT2D eigenvalue weighted by Gasteiger charge is -2.11. The van der Waals surface area contributed by atoms with Gasteiger partial charge < -0.3 is 5.73 Å². The summed E-state index contributed by atoms with van der Waals surface area (Å²) in [5.74, 6) is 0. The minimum absolute atomic E-state index is 0.203. The number of nitrogens with two attached hydrogens (primary N) is 1. The van der Waals surface area contributed by atoms with Crippen molar-refractivity contribution in [2.45, 2.75) is 38.6 Å². The molecular weight excluding hydrogens is 232 g/mol. The third-order valence-corrected chi connectivity index (χ3v) is 3.43. The van der Waals surface area contributed by atoms with Crippen LogP contribution in [0.15, 0.2) is 48.7 Å². The maximum absolute atomic E-state index is 6.20. The first-order chi connectivity index (χ1) is 9.28. The summed E-state index contributed by atoms with van der Waals surface area (Å²) in [6.45, 7) is 2.17. The summed E-state index contributed by atoms with van der Waals surface area (Å²) < 4.78 is 0. The second-order valence-corrected chi connectivity index (χ2v) is 4.99. The molecule has 0 saturated heterocycles. The molecule has 0 fully saturated rings. The molecule has 1 heterocycles. The third-order valence-electron chi connectivity index (χ3n) is 3.43. The van der Waals surface area contributed by atoms with Crippen molar-refractivity contribution < 1.29 is 0 Å². The van der Waals surface area contributed by atoms with Crippen molar-refractivity contribution >= 4 is 0 Å². The summed E-state index contributed by atoms with van der Waals surface area (Å²) in [6, 6.07) is 15.0. The molecule has 0 amide bonds. The number of hydrogen-bond acceptors (Lipinski definition) is 2. The van der Waals surface area contributed by atoms with E-state index in [1.807, 2.05) is 18.3 Å². The highest BCUT2D eigenvalue weighted by atomic mass is 14.7. The predicted molar refractivity (Wildman–Crippen MR) is 80.1 cm³/mol. The van der Waals surface area contributed by atoms with Crippen molar-refractivity contribution in [3.63, 3.8) is 0 Å². The lowest BCUT2D eigenvalue weighted by atomic mass is 10.00. The highest BCUT2D eigenvalue weighted by Gasteiger charge is 2.05. The molecule has 2 rings (SSSR count). The molecule has 2 N–H and O–H groups in total. The maximum atomic E-state index is 6.20. The quantitative estimate of drug-likeness (QED) is 0.860. The monoisotopic (exact) mass is 254 g/mol. The van der Waals surface area contributed by atoms with E-state index in [0.29, 0.717) is 0 Å². The summed E-state index contributed by atoms with van der Waals surface area (Å²) in [7, 11) is 0. The molecule has 1 aromatic heterocycles. The number of aryl methyl sites for hydroxylation is 2. The maximum Gasteiger partial charge on any atom is 0.0404 e. The van der Waals surface area contributed by atoms with Crippen LogP contribution >= 0.6 is 0 Å². The van der Waals surface area contributed by atoms with Crippen LogP contribution in [0.2, 0.25) is 0 Å². The number of pyridine rings is 1. The van der Waals surface area contributed by atoms with Crippen LogP contribution in [0, 0.1) is 0 Å². The van der Waals surface area contributed by atoms with Crippen molar-refractivity contribution in [3.05, 3.63) is 65.5 Å². The fourth-order valence-corrected chi connectivity index (χ4v) is 2.20. The topological polar surface area (TPSA) is 38.9 Å². The van der Waals surface area contributed by atoms with Crippen LogP contribution in [0.4, 0.5) is 0 Å². The van der Waals surface area contributed by atoms with Crippen LogP contribution in [0.3, 0.4) is 0 Å². The van der Waals surface area contributed by atoms with Crippen molar-refractivity contribution in [1.82, 2.24) is 4.98 Å². The molecule has 1 unspecified atom stereocenters. The van der Waals surface area contributed by atoms with Crippen molar-refractivity contribution in [3.8, 4) is 0 Å². The normalized spacial score (nSPS) is 12.3. The number of hydrogen-bond donors (Lipinski definition) is 1. The molecule has 100 valence electrons. The van der Waals surface area contributed by atoms with E-state index in [1.54, 1.807) is 0 Å². The average molecular weight is 254 g/mol. The summed E-state index contributed by atoms with van der Waals surface area (Å²) in [5, 5.41) is 0. The largest absolute Gasteiger partial charge is 0.327 e. The van der Waals surface area contributed by atoms with E-state index >= 15 is 0 Å². The molecule has 0 saturated carbocycles. The first-order valence-electron chi connectivity index (χ1n) is 7.01. The van der Waals surface area contributed by atoms with E-state index in [-0.39, 0.29) is 6.04 Å². The van der Waals surface area contributed by atoms with E-state index in [1.165, 1.54) is 11.1 Å². The van der Waals surface area contributed by atoms with Gasteiger partial charge in [0.05, 0.1) is 0 Å². The molecular formula is C17H22N2. The standard InChI is InChI=1S/C17H22N2/c1-2-14-6-8-15(9-7-14)13-16(18)10-11-17-5-3-4-12-19-17/h3-9,12,16H,2,10-11,13,18H2,1H3. The minimum Gasteiger partial charge on any atom is -0.327 e. The van der Waals surface area contributed by atoms with Crippen LogP contribution in [-0.2, 0) is 19.3 Å². The van der Waals surface area contributed by atoms with Gasteiger partial charge in [-0.15, -0.1) is 0 Å². The summed E-state index contributed by atoms with van der Waals surface area (Å²) in [5.41, 5.74) is 10.0. The van der Waals surface area contributed by atoms with Gasteiger partial charge in [0.15, 0.2) is 0 Å². The minimum atomic E-state index is 0.203. The molecule has 0 aliphatic carbocycles. The first-order valence-corrected chi connectivity index (χ1v) is 7.01. The summed E-state index contributed by atoms with van der Waals surface area (Å²) in [4.78, 5) is 4.32. The fourth-order valence-electron chi connectivity index (χ4n) is 2.20. The lowest BCUT2D eigenvalue weighted by Crippen LogP contribution is -2.23. The van der Waals surface area contributed by atoms with E-state index in [0.717, 1.165) is 31.4 Å². The fraction of sp³-hybridized carbons (Fsp3) is 0.353. The van der Waals surface area contributed by atoms with Gasteiger partial charge in [-0.1, -0.05) is 37.3 Å². The number of nitrogens with zero attached hydrogens (tertiary/aromatic N) is 1. The van der Waals surface area contributed by atoms with Gasteiger partial charge in [-0.25, -0.2) is 0 Å². The van der Waals surface area contributed by atoms with Gasteiger partial charge in [0.1, 0.15) is 0 Å². The van der Waals surface area contributed by atoms with Gasteiger partial charge in [-0.3, -0.25) is 4.98 Å².